The fraction of sp³-hybridized carbons (Fsp3) is 0. The molecule has 0 aliphatic carbocycles. The monoisotopic (exact) mass is 703 g/mol. The van der Waals surface area contributed by atoms with E-state index in [0.29, 0.717) is 0 Å². The van der Waals surface area contributed by atoms with Gasteiger partial charge in [-0.15, -0.1) is 11.3 Å². The summed E-state index contributed by atoms with van der Waals surface area (Å²) in [6.45, 7) is 0. The van der Waals surface area contributed by atoms with Gasteiger partial charge in [-0.3, -0.25) is 0 Å². The van der Waals surface area contributed by atoms with Crippen molar-refractivity contribution in [2.24, 2.45) is 0 Å². The highest BCUT2D eigenvalue weighted by molar-refractivity contribution is 7.26. The van der Waals surface area contributed by atoms with E-state index in [2.05, 4.69) is 205 Å². The Morgan fingerprint density at radius 3 is 1.72 bits per heavy atom. The van der Waals surface area contributed by atoms with E-state index in [1.165, 1.54) is 85.5 Å². The first-order chi connectivity index (χ1) is 26.8. The number of anilines is 3. The molecule has 1 aromatic heterocycles. The third-order valence-electron chi connectivity index (χ3n) is 11.0. The second kappa shape index (κ2) is 12.4. The first kappa shape index (κ1) is 30.8. The number of hydrogen-bond donors (Lipinski definition) is 0. The molecular weight excluding hydrogens is 671 g/mol. The fourth-order valence-electron chi connectivity index (χ4n) is 8.43. The van der Waals surface area contributed by atoms with Crippen molar-refractivity contribution in [2.75, 3.05) is 4.90 Å². The fourth-order valence-corrected chi connectivity index (χ4v) is 9.70. The number of hydrogen-bond acceptors (Lipinski definition) is 2. The highest BCUT2D eigenvalue weighted by atomic mass is 32.1. The highest BCUT2D eigenvalue weighted by Gasteiger charge is 2.17. The smallest absolute Gasteiger partial charge is 0.0476 e. The molecule has 0 spiro atoms. The largest absolute Gasteiger partial charge is 0.310 e. The summed E-state index contributed by atoms with van der Waals surface area (Å²) in [6.07, 6.45) is 0. The molecule has 0 amide bonds. The van der Waals surface area contributed by atoms with E-state index < -0.39 is 0 Å². The van der Waals surface area contributed by atoms with Crippen molar-refractivity contribution in [1.82, 2.24) is 0 Å². The number of fused-ring (bicyclic) bond motifs is 10. The molecule has 252 valence electrons. The molecule has 0 unspecified atom stereocenters. The second-order valence-electron chi connectivity index (χ2n) is 14.1. The number of nitrogens with zero attached hydrogens (tertiary/aromatic N) is 1. The first-order valence-corrected chi connectivity index (χ1v) is 19.3. The van der Waals surface area contributed by atoms with E-state index in [1.54, 1.807) is 0 Å². The summed E-state index contributed by atoms with van der Waals surface area (Å²) in [5.41, 5.74) is 8.23. The van der Waals surface area contributed by atoms with E-state index in [-0.39, 0.29) is 0 Å². The van der Waals surface area contributed by atoms with Crippen LogP contribution in [0.2, 0.25) is 0 Å². The third-order valence-corrected chi connectivity index (χ3v) is 12.2. The molecular formula is C52H33NS. The summed E-state index contributed by atoms with van der Waals surface area (Å²) in [4.78, 5) is 2.40. The van der Waals surface area contributed by atoms with Crippen molar-refractivity contribution in [3.8, 4) is 22.3 Å². The Morgan fingerprint density at radius 2 is 0.870 bits per heavy atom. The van der Waals surface area contributed by atoms with Gasteiger partial charge in [0.2, 0.25) is 0 Å². The Hall–Kier alpha value is -6.74. The van der Waals surface area contributed by atoms with E-state index in [0.717, 1.165) is 17.1 Å². The number of thiophene rings is 1. The lowest BCUT2D eigenvalue weighted by molar-refractivity contribution is 1.29. The molecule has 0 fully saturated rings. The minimum Gasteiger partial charge on any atom is -0.310 e. The van der Waals surface area contributed by atoms with Gasteiger partial charge in [0.05, 0.1) is 0 Å². The normalized spacial score (nSPS) is 11.7. The molecule has 0 aliphatic heterocycles. The molecule has 0 N–H and O–H groups in total. The molecule has 11 rings (SSSR count). The predicted octanol–water partition coefficient (Wildman–Crippen LogP) is 15.5. The summed E-state index contributed by atoms with van der Waals surface area (Å²) in [5, 5.41) is 12.9. The lowest BCUT2D eigenvalue weighted by atomic mass is 9.92. The van der Waals surface area contributed by atoms with Crippen LogP contribution in [0.15, 0.2) is 200 Å². The van der Waals surface area contributed by atoms with Crippen molar-refractivity contribution < 1.29 is 0 Å². The average molecular weight is 704 g/mol. The Kier molecular flexibility index (Phi) is 7.11. The van der Waals surface area contributed by atoms with Crippen molar-refractivity contribution in [3.63, 3.8) is 0 Å². The topological polar surface area (TPSA) is 3.24 Å². The van der Waals surface area contributed by atoms with Gasteiger partial charge in [0.1, 0.15) is 0 Å². The quantitative estimate of drug-likeness (QED) is 0.161. The zero-order chi connectivity index (χ0) is 35.6. The van der Waals surface area contributed by atoms with Gasteiger partial charge in [0.25, 0.3) is 0 Å². The molecule has 0 bridgehead atoms. The third kappa shape index (κ3) is 4.99. The van der Waals surface area contributed by atoms with Crippen LogP contribution in [0.4, 0.5) is 17.1 Å². The molecule has 0 saturated heterocycles. The Labute approximate surface area is 317 Å². The van der Waals surface area contributed by atoms with Gasteiger partial charge in [0.15, 0.2) is 0 Å². The maximum atomic E-state index is 2.40. The van der Waals surface area contributed by atoms with Crippen LogP contribution >= 0.6 is 11.3 Å². The van der Waals surface area contributed by atoms with Gasteiger partial charge in [-0.25, -0.2) is 0 Å². The maximum Gasteiger partial charge on any atom is 0.0476 e. The zero-order valence-electron chi connectivity index (χ0n) is 29.4. The minimum atomic E-state index is 1.12. The van der Waals surface area contributed by atoms with Crippen LogP contribution in [-0.2, 0) is 0 Å². The van der Waals surface area contributed by atoms with Crippen molar-refractivity contribution in [1.29, 1.82) is 0 Å². The van der Waals surface area contributed by atoms with E-state index in [9.17, 15) is 0 Å². The zero-order valence-corrected chi connectivity index (χ0v) is 30.2. The van der Waals surface area contributed by atoms with Crippen LogP contribution in [-0.4, -0.2) is 0 Å². The number of benzene rings is 10. The van der Waals surface area contributed by atoms with E-state index in [4.69, 9.17) is 0 Å². The van der Waals surface area contributed by atoms with Crippen molar-refractivity contribution >= 4 is 91.7 Å². The summed E-state index contributed by atoms with van der Waals surface area (Å²) in [6, 6.07) is 73.4. The van der Waals surface area contributed by atoms with Gasteiger partial charge in [-0.1, -0.05) is 164 Å². The van der Waals surface area contributed by atoms with Crippen LogP contribution in [0.5, 0.6) is 0 Å². The SMILES string of the molecule is c1ccc(-c2cccc(N(c3ccc(-c4cccc5c4ccc4c6ccccc6ccc54)cc3)c3ccc4c(c3)sc3c5ccccc5ccc43)c2)cc1. The standard InChI is InChI=1S/C52H33NS/c1-2-10-34(11-3-1)38-14-8-15-40(32-38)53(41-26-29-49-50-28-23-36-13-5-7-17-44(36)52(50)54-51(49)33-41)39-24-20-37(21-25-39)43-18-9-19-45-46(43)30-31-47-42-16-6-4-12-35(42)22-27-48(45)47/h1-33H. The van der Waals surface area contributed by atoms with Crippen LogP contribution in [0.25, 0.3) is 85.5 Å². The Balaban J connectivity index is 1.05. The van der Waals surface area contributed by atoms with Gasteiger partial charge < -0.3 is 4.90 Å². The van der Waals surface area contributed by atoms with Gasteiger partial charge in [-0.2, -0.15) is 0 Å². The summed E-state index contributed by atoms with van der Waals surface area (Å²) in [7, 11) is 0. The Morgan fingerprint density at radius 1 is 0.296 bits per heavy atom. The molecule has 0 aliphatic rings. The molecule has 11 aromatic rings. The van der Waals surface area contributed by atoms with Crippen LogP contribution in [0, 0.1) is 0 Å². The summed E-state index contributed by atoms with van der Waals surface area (Å²) < 4.78 is 2.63. The maximum absolute atomic E-state index is 2.40. The van der Waals surface area contributed by atoms with Crippen molar-refractivity contribution in [3.05, 3.63) is 200 Å². The summed E-state index contributed by atoms with van der Waals surface area (Å²) >= 11 is 1.89. The lowest BCUT2D eigenvalue weighted by Gasteiger charge is -2.26. The lowest BCUT2D eigenvalue weighted by Crippen LogP contribution is -2.09. The van der Waals surface area contributed by atoms with Crippen LogP contribution in [0.1, 0.15) is 0 Å². The van der Waals surface area contributed by atoms with Gasteiger partial charge in [-0.05, 0) is 102 Å². The van der Waals surface area contributed by atoms with Gasteiger partial charge in [0, 0.05) is 37.2 Å². The van der Waals surface area contributed by atoms with Crippen molar-refractivity contribution in [2.45, 2.75) is 0 Å². The molecule has 2 heteroatoms. The molecule has 10 aromatic carbocycles. The Bertz CT molecular complexity index is 3210. The second-order valence-corrected chi connectivity index (χ2v) is 15.1. The van der Waals surface area contributed by atoms with Gasteiger partial charge >= 0.3 is 0 Å². The van der Waals surface area contributed by atoms with E-state index in [1.807, 2.05) is 11.3 Å². The minimum absolute atomic E-state index is 1.12. The molecule has 1 nitrogen and oxygen atoms in total. The molecule has 54 heavy (non-hydrogen) atoms. The molecule has 0 atom stereocenters. The molecule has 0 saturated carbocycles. The number of rotatable bonds is 5. The van der Waals surface area contributed by atoms with Crippen LogP contribution < -0.4 is 4.90 Å². The van der Waals surface area contributed by atoms with Crippen LogP contribution in [0.3, 0.4) is 0 Å². The molecule has 0 radical (unpaired) electrons. The summed E-state index contributed by atoms with van der Waals surface area (Å²) in [5.74, 6) is 0. The first-order valence-electron chi connectivity index (χ1n) is 18.5. The highest BCUT2D eigenvalue weighted by Crippen LogP contribution is 2.44. The predicted molar refractivity (Wildman–Crippen MR) is 235 cm³/mol. The average Bonchev–Trinajstić information content (AvgIpc) is 3.63. The van der Waals surface area contributed by atoms with E-state index >= 15 is 0 Å². The molecule has 1 heterocycles.